The lowest BCUT2D eigenvalue weighted by Crippen LogP contribution is -2.10. The van der Waals surface area contributed by atoms with Crippen LogP contribution in [0.1, 0.15) is 37.7 Å². The van der Waals surface area contributed by atoms with Crippen LogP contribution in [0.15, 0.2) is 76.5 Å². The molecule has 0 amide bonds. The lowest BCUT2D eigenvalue weighted by Gasteiger charge is -2.19. The minimum atomic E-state index is 0.155. The molecule has 4 rings (SSSR count). The smallest absolute Gasteiger partial charge is 0.192 e. The highest BCUT2D eigenvalue weighted by Gasteiger charge is 2.17. The molecule has 2 heterocycles. The molecule has 0 bridgehead atoms. The van der Waals surface area contributed by atoms with Gasteiger partial charge in [0.05, 0.1) is 12.8 Å². The van der Waals surface area contributed by atoms with E-state index in [1.54, 1.807) is 18.0 Å². The molecule has 6 heteroatoms. The Hall–Kier alpha value is -2.50. The van der Waals surface area contributed by atoms with E-state index >= 15 is 0 Å². The van der Waals surface area contributed by atoms with Gasteiger partial charge in [0.1, 0.15) is 5.76 Å². The van der Waals surface area contributed by atoms with Gasteiger partial charge in [-0.1, -0.05) is 68.4 Å². The van der Waals surface area contributed by atoms with Crippen LogP contribution in [-0.4, -0.2) is 14.8 Å². The molecule has 0 unspecified atom stereocenters. The first-order chi connectivity index (χ1) is 14.4. The minimum Gasteiger partial charge on any atom is -0.467 e. The Morgan fingerprint density at radius 1 is 0.967 bits per heavy atom. The summed E-state index contributed by atoms with van der Waals surface area (Å²) in [6.45, 7) is 7.26. The van der Waals surface area contributed by atoms with Crippen molar-refractivity contribution in [3.8, 4) is 11.4 Å². The maximum atomic E-state index is 6.05. The first-order valence-corrected chi connectivity index (χ1v) is 11.2. The number of hydrogen-bond donors (Lipinski definition) is 0. The highest BCUT2D eigenvalue weighted by molar-refractivity contribution is 7.98. The minimum absolute atomic E-state index is 0.155. The molecule has 0 saturated carbocycles. The Kier molecular flexibility index (Phi) is 6.02. The van der Waals surface area contributed by atoms with Gasteiger partial charge in [-0.2, -0.15) is 0 Å². The second-order valence-electron chi connectivity index (χ2n) is 8.21. The van der Waals surface area contributed by atoms with Gasteiger partial charge in [0.25, 0.3) is 0 Å². The lowest BCUT2D eigenvalue weighted by molar-refractivity contribution is 0.485. The van der Waals surface area contributed by atoms with Crippen LogP contribution in [0.5, 0.6) is 0 Å². The summed E-state index contributed by atoms with van der Waals surface area (Å²) in [5, 5.41) is 10.5. The predicted octanol–water partition coefficient (Wildman–Crippen LogP) is 6.83. The monoisotopic (exact) mass is 437 g/mol. The second kappa shape index (κ2) is 8.70. The fourth-order valence-corrected chi connectivity index (χ4v) is 4.18. The van der Waals surface area contributed by atoms with Crippen molar-refractivity contribution in [3.63, 3.8) is 0 Å². The molecular formula is C24H24ClN3OS. The molecule has 0 N–H and O–H groups in total. The topological polar surface area (TPSA) is 43.9 Å². The van der Waals surface area contributed by atoms with E-state index in [1.165, 1.54) is 11.1 Å². The Labute approximate surface area is 186 Å². The first kappa shape index (κ1) is 20.8. The summed E-state index contributed by atoms with van der Waals surface area (Å²) in [5.74, 6) is 2.48. The van der Waals surface area contributed by atoms with Crippen LogP contribution in [-0.2, 0) is 17.7 Å². The van der Waals surface area contributed by atoms with Crippen molar-refractivity contribution in [1.29, 1.82) is 0 Å². The zero-order valence-corrected chi connectivity index (χ0v) is 18.9. The molecule has 0 spiro atoms. The largest absolute Gasteiger partial charge is 0.467 e. The van der Waals surface area contributed by atoms with E-state index in [-0.39, 0.29) is 5.41 Å². The van der Waals surface area contributed by atoms with Crippen molar-refractivity contribution in [2.45, 2.75) is 43.6 Å². The Bertz CT molecular complexity index is 1100. The van der Waals surface area contributed by atoms with Gasteiger partial charge in [0, 0.05) is 16.3 Å². The van der Waals surface area contributed by atoms with Crippen LogP contribution in [0, 0.1) is 0 Å². The molecule has 0 aliphatic heterocycles. The number of aromatic nitrogens is 3. The van der Waals surface area contributed by atoms with Crippen LogP contribution in [0.2, 0.25) is 5.02 Å². The van der Waals surface area contributed by atoms with Crippen LogP contribution in [0.3, 0.4) is 0 Å². The first-order valence-electron chi connectivity index (χ1n) is 9.84. The molecule has 2 aromatic carbocycles. The summed E-state index contributed by atoms with van der Waals surface area (Å²) in [7, 11) is 0. The fourth-order valence-electron chi connectivity index (χ4n) is 3.16. The SMILES string of the molecule is CC(C)(C)c1ccc(CSc2nnc(-c3ccc(Cl)cc3)n2Cc2ccco2)cc1. The van der Waals surface area contributed by atoms with Gasteiger partial charge in [0.2, 0.25) is 0 Å². The number of hydrogen-bond acceptors (Lipinski definition) is 4. The van der Waals surface area contributed by atoms with Crippen molar-refractivity contribution in [2.24, 2.45) is 0 Å². The molecule has 0 saturated heterocycles. The van der Waals surface area contributed by atoms with Gasteiger partial charge in [0.15, 0.2) is 11.0 Å². The molecule has 0 radical (unpaired) electrons. The van der Waals surface area contributed by atoms with Crippen molar-refractivity contribution < 1.29 is 4.42 Å². The summed E-state index contributed by atoms with van der Waals surface area (Å²) in [4.78, 5) is 0. The molecule has 154 valence electrons. The van der Waals surface area contributed by atoms with Gasteiger partial charge in [-0.05, 0) is 52.9 Å². The molecule has 2 aromatic heterocycles. The highest BCUT2D eigenvalue weighted by atomic mass is 35.5. The maximum Gasteiger partial charge on any atom is 0.192 e. The van der Waals surface area contributed by atoms with Crippen LogP contribution in [0.4, 0.5) is 0 Å². The fraction of sp³-hybridized carbons (Fsp3) is 0.250. The number of rotatable bonds is 6. The standard InChI is InChI=1S/C24H24ClN3OS/c1-24(2,3)19-10-6-17(7-11-19)16-30-23-27-26-22(18-8-12-20(25)13-9-18)28(23)15-21-5-4-14-29-21/h4-14H,15-16H2,1-3H3. The molecule has 0 aliphatic carbocycles. The van der Waals surface area contributed by atoms with E-state index in [2.05, 4.69) is 59.8 Å². The van der Waals surface area contributed by atoms with Gasteiger partial charge in [-0.3, -0.25) is 4.57 Å². The highest BCUT2D eigenvalue weighted by Crippen LogP contribution is 2.29. The quantitative estimate of drug-likeness (QED) is 0.310. The Morgan fingerprint density at radius 2 is 1.70 bits per heavy atom. The van der Waals surface area contributed by atoms with E-state index in [0.717, 1.165) is 28.1 Å². The molecule has 0 fully saturated rings. The second-order valence-corrected chi connectivity index (χ2v) is 9.59. The Balaban J connectivity index is 1.58. The van der Waals surface area contributed by atoms with Crippen LogP contribution < -0.4 is 0 Å². The molecule has 0 aliphatic rings. The molecule has 4 nitrogen and oxygen atoms in total. The zero-order valence-electron chi connectivity index (χ0n) is 17.3. The van der Waals surface area contributed by atoms with E-state index in [4.69, 9.17) is 16.0 Å². The summed E-state index contributed by atoms with van der Waals surface area (Å²) in [6.07, 6.45) is 1.69. The van der Waals surface area contributed by atoms with Crippen LogP contribution >= 0.6 is 23.4 Å². The predicted molar refractivity (Wildman–Crippen MR) is 123 cm³/mol. The van der Waals surface area contributed by atoms with E-state index < -0.39 is 0 Å². The van der Waals surface area contributed by atoms with Gasteiger partial charge >= 0.3 is 0 Å². The van der Waals surface area contributed by atoms with Gasteiger partial charge < -0.3 is 4.42 Å². The molecule has 0 atom stereocenters. The molecule has 4 aromatic rings. The number of thioether (sulfide) groups is 1. The number of nitrogens with zero attached hydrogens (tertiary/aromatic N) is 3. The van der Waals surface area contributed by atoms with Crippen molar-refractivity contribution in [1.82, 2.24) is 14.8 Å². The van der Waals surface area contributed by atoms with Crippen molar-refractivity contribution in [3.05, 3.63) is 88.8 Å². The third kappa shape index (κ3) is 4.79. The lowest BCUT2D eigenvalue weighted by atomic mass is 9.87. The third-order valence-corrected chi connectivity index (χ3v) is 6.19. The number of halogens is 1. The maximum absolute atomic E-state index is 6.05. The summed E-state index contributed by atoms with van der Waals surface area (Å²) in [5.41, 5.74) is 3.72. The third-order valence-electron chi connectivity index (χ3n) is 4.90. The summed E-state index contributed by atoms with van der Waals surface area (Å²) < 4.78 is 7.67. The van der Waals surface area contributed by atoms with Crippen LogP contribution in [0.25, 0.3) is 11.4 Å². The Morgan fingerprint density at radius 3 is 2.33 bits per heavy atom. The normalized spacial score (nSPS) is 11.7. The van der Waals surface area contributed by atoms with Crippen molar-refractivity contribution in [2.75, 3.05) is 0 Å². The average Bonchev–Trinajstić information content (AvgIpc) is 3.37. The van der Waals surface area contributed by atoms with Gasteiger partial charge in [-0.15, -0.1) is 10.2 Å². The number of benzene rings is 2. The molecular weight excluding hydrogens is 414 g/mol. The van der Waals surface area contributed by atoms with Crippen molar-refractivity contribution >= 4 is 23.4 Å². The van der Waals surface area contributed by atoms with Gasteiger partial charge in [-0.25, -0.2) is 0 Å². The van der Waals surface area contributed by atoms with E-state index in [0.29, 0.717) is 11.6 Å². The van der Waals surface area contributed by atoms with E-state index in [1.807, 2.05) is 36.4 Å². The zero-order chi connectivity index (χ0) is 21.1. The summed E-state index contributed by atoms with van der Waals surface area (Å²) >= 11 is 7.73. The summed E-state index contributed by atoms with van der Waals surface area (Å²) in [6, 6.07) is 20.3. The molecule has 30 heavy (non-hydrogen) atoms. The number of furan rings is 1. The average molecular weight is 438 g/mol. The van der Waals surface area contributed by atoms with E-state index in [9.17, 15) is 0 Å².